The van der Waals surface area contributed by atoms with Crippen LogP contribution in [0.3, 0.4) is 0 Å². The number of imidazole rings is 1. The number of hydrogen-bond acceptors (Lipinski definition) is 4. The Hall–Kier alpha value is -1.17. The predicted octanol–water partition coefficient (Wildman–Crippen LogP) is 1.94. The minimum Gasteiger partial charge on any atom is -0.376 e. The molecule has 0 aliphatic carbocycles. The van der Waals surface area contributed by atoms with E-state index in [-0.39, 0.29) is 6.10 Å². The largest absolute Gasteiger partial charge is 0.376 e. The molecule has 0 spiro atoms. The van der Waals surface area contributed by atoms with Crippen LogP contribution in [0.2, 0.25) is 0 Å². The van der Waals surface area contributed by atoms with E-state index in [2.05, 4.69) is 14.5 Å². The van der Waals surface area contributed by atoms with E-state index >= 15 is 0 Å². The molecule has 0 N–H and O–H groups in total. The first kappa shape index (κ1) is 13.8. The SMILES string of the molecule is Cc1ccnc2c1nc(CCCl)n2CC1COCCO1. The number of aryl methyl sites for hydroxylation is 2. The molecule has 1 saturated heterocycles. The summed E-state index contributed by atoms with van der Waals surface area (Å²) in [5.74, 6) is 1.51. The van der Waals surface area contributed by atoms with Gasteiger partial charge in [0.05, 0.1) is 32.5 Å². The van der Waals surface area contributed by atoms with Crippen molar-refractivity contribution in [3.05, 3.63) is 23.7 Å². The first-order valence-electron chi connectivity index (χ1n) is 6.85. The second kappa shape index (κ2) is 6.08. The van der Waals surface area contributed by atoms with Gasteiger partial charge in [-0.15, -0.1) is 11.6 Å². The Labute approximate surface area is 122 Å². The molecule has 0 amide bonds. The van der Waals surface area contributed by atoms with E-state index in [0.717, 1.165) is 29.0 Å². The van der Waals surface area contributed by atoms with Gasteiger partial charge >= 0.3 is 0 Å². The zero-order valence-electron chi connectivity index (χ0n) is 11.5. The molecule has 2 aromatic rings. The molecule has 5 nitrogen and oxygen atoms in total. The first-order chi connectivity index (χ1) is 9.79. The number of alkyl halides is 1. The topological polar surface area (TPSA) is 49.2 Å². The summed E-state index contributed by atoms with van der Waals surface area (Å²) in [6, 6.07) is 1.98. The third kappa shape index (κ3) is 2.66. The van der Waals surface area contributed by atoms with Gasteiger partial charge in [0.2, 0.25) is 0 Å². The number of fused-ring (bicyclic) bond motifs is 1. The van der Waals surface area contributed by atoms with Crippen molar-refractivity contribution in [3.8, 4) is 0 Å². The summed E-state index contributed by atoms with van der Waals surface area (Å²) in [7, 11) is 0. The molecule has 0 radical (unpaired) electrons. The zero-order valence-corrected chi connectivity index (χ0v) is 12.3. The van der Waals surface area contributed by atoms with Crippen LogP contribution in [-0.2, 0) is 22.4 Å². The maximum absolute atomic E-state index is 5.89. The van der Waals surface area contributed by atoms with Gasteiger partial charge in [-0.3, -0.25) is 0 Å². The molecule has 3 heterocycles. The van der Waals surface area contributed by atoms with Crippen LogP contribution in [0.15, 0.2) is 12.3 Å². The highest BCUT2D eigenvalue weighted by Crippen LogP contribution is 2.19. The van der Waals surface area contributed by atoms with Gasteiger partial charge in [0.15, 0.2) is 5.65 Å². The minimum absolute atomic E-state index is 0.0533. The lowest BCUT2D eigenvalue weighted by molar-refractivity contribution is -0.0934. The Bertz CT molecular complexity index is 593. The van der Waals surface area contributed by atoms with Crippen LogP contribution in [-0.4, -0.2) is 46.3 Å². The maximum Gasteiger partial charge on any atom is 0.160 e. The lowest BCUT2D eigenvalue weighted by Crippen LogP contribution is -2.32. The smallest absolute Gasteiger partial charge is 0.160 e. The van der Waals surface area contributed by atoms with Crippen molar-refractivity contribution in [2.24, 2.45) is 0 Å². The summed E-state index contributed by atoms with van der Waals surface area (Å²) in [5.41, 5.74) is 2.98. The van der Waals surface area contributed by atoms with Crippen molar-refractivity contribution < 1.29 is 9.47 Å². The van der Waals surface area contributed by atoms with Gasteiger partial charge in [0.25, 0.3) is 0 Å². The lowest BCUT2D eigenvalue weighted by Gasteiger charge is -2.24. The molecule has 3 rings (SSSR count). The number of rotatable bonds is 4. The molecule has 1 atom stereocenters. The van der Waals surface area contributed by atoms with Gasteiger partial charge < -0.3 is 14.0 Å². The molecule has 1 fully saturated rings. The van der Waals surface area contributed by atoms with Gasteiger partial charge in [-0.05, 0) is 18.6 Å². The molecule has 6 heteroatoms. The molecule has 1 aliphatic heterocycles. The van der Waals surface area contributed by atoms with Gasteiger partial charge in [0.1, 0.15) is 11.3 Å². The van der Waals surface area contributed by atoms with E-state index in [9.17, 15) is 0 Å². The first-order valence-corrected chi connectivity index (χ1v) is 7.39. The highest BCUT2D eigenvalue weighted by molar-refractivity contribution is 6.17. The van der Waals surface area contributed by atoms with Crippen molar-refractivity contribution in [3.63, 3.8) is 0 Å². The van der Waals surface area contributed by atoms with Crippen LogP contribution in [0.1, 0.15) is 11.4 Å². The molecule has 1 aliphatic rings. The fourth-order valence-electron chi connectivity index (χ4n) is 2.50. The van der Waals surface area contributed by atoms with E-state index in [1.54, 1.807) is 0 Å². The fraction of sp³-hybridized carbons (Fsp3) is 0.571. The summed E-state index contributed by atoms with van der Waals surface area (Å²) in [6.45, 7) is 4.69. The zero-order chi connectivity index (χ0) is 13.9. The average molecular weight is 296 g/mol. The number of pyridine rings is 1. The van der Waals surface area contributed by atoms with Gasteiger partial charge in [-0.25, -0.2) is 9.97 Å². The second-order valence-corrected chi connectivity index (χ2v) is 5.32. The van der Waals surface area contributed by atoms with Crippen LogP contribution in [0.4, 0.5) is 0 Å². The Balaban J connectivity index is 1.97. The van der Waals surface area contributed by atoms with E-state index in [4.69, 9.17) is 21.1 Å². The van der Waals surface area contributed by atoms with E-state index in [1.165, 1.54) is 0 Å². The van der Waals surface area contributed by atoms with Crippen molar-refractivity contribution in [2.45, 2.75) is 26.0 Å². The summed E-state index contributed by atoms with van der Waals surface area (Å²) in [6.07, 6.45) is 2.60. The van der Waals surface area contributed by atoms with Gasteiger partial charge in [0, 0.05) is 18.5 Å². The van der Waals surface area contributed by atoms with E-state index < -0.39 is 0 Å². The molecule has 0 bridgehead atoms. The highest BCUT2D eigenvalue weighted by atomic mass is 35.5. The highest BCUT2D eigenvalue weighted by Gasteiger charge is 2.20. The normalized spacial score (nSPS) is 19.6. The van der Waals surface area contributed by atoms with Crippen LogP contribution < -0.4 is 0 Å². The Morgan fingerprint density at radius 2 is 2.35 bits per heavy atom. The van der Waals surface area contributed by atoms with Crippen molar-refractivity contribution >= 4 is 22.8 Å². The molecule has 0 aromatic carbocycles. The number of hydrogen-bond donors (Lipinski definition) is 0. The second-order valence-electron chi connectivity index (χ2n) is 4.95. The van der Waals surface area contributed by atoms with Gasteiger partial charge in [-0.2, -0.15) is 0 Å². The predicted molar refractivity (Wildman–Crippen MR) is 77.2 cm³/mol. The third-order valence-corrected chi connectivity index (χ3v) is 3.69. The van der Waals surface area contributed by atoms with Crippen molar-refractivity contribution in [1.29, 1.82) is 0 Å². The molecule has 0 saturated carbocycles. The maximum atomic E-state index is 5.89. The Morgan fingerprint density at radius 1 is 1.45 bits per heavy atom. The summed E-state index contributed by atoms with van der Waals surface area (Å²) in [5, 5.41) is 0. The Kier molecular flexibility index (Phi) is 4.19. The number of nitrogens with zero attached hydrogens (tertiary/aromatic N) is 3. The molecule has 2 aromatic heterocycles. The summed E-state index contributed by atoms with van der Waals surface area (Å²) < 4.78 is 13.3. The standard InChI is InChI=1S/C14H18ClN3O2/c1-10-3-5-16-14-13(10)17-12(2-4-15)18(14)8-11-9-19-6-7-20-11/h3,5,11H,2,4,6-9H2,1H3. The lowest BCUT2D eigenvalue weighted by atomic mass is 10.3. The molecule has 20 heavy (non-hydrogen) atoms. The molecule has 108 valence electrons. The summed E-state index contributed by atoms with van der Waals surface area (Å²) >= 11 is 5.89. The number of ether oxygens (including phenoxy) is 2. The third-order valence-electron chi connectivity index (χ3n) is 3.50. The molecular weight excluding hydrogens is 278 g/mol. The van der Waals surface area contributed by atoms with Crippen LogP contribution in [0.5, 0.6) is 0 Å². The summed E-state index contributed by atoms with van der Waals surface area (Å²) in [4.78, 5) is 9.16. The van der Waals surface area contributed by atoms with Crippen molar-refractivity contribution in [1.82, 2.24) is 14.5 Å². The fourth-order valence-corrected chi connectivity index (χ4v) is 2.67. The van der Waals surface area contributed by atoms with Crippen LogP contribution >= 0.6 is 11.6 Å². The van der Waals surface area contributed by atoms with Crippen molar-refractivity contribution in [2.75, 3.05) is 25.7 Å². The minimum atomic E-state index is 0.0533. The molecule has 1 unspecified atom stereocenters. The number of aromatic nitrogens is 3. The van der Waals surface area contributed by atoms with E-state index in [0.29, 0.717) is 32.2 Å². The number of halogens is 1. The van der Waals surface area contributed by atoms with Gasteiger partial charge in [-0.1, -0.05) is 0 Å². The monoisotopic (exact) mass is 295 g/mol. The van der Waals surface area contributed by atoms with Crippen LogP contribution in [0, 0.1) is 6.92 Å². The average Bonchev–Trinajstić information content (AvgIpc) is 2.81. The quantitative estimate of drug-likeness (QED) is 0.809. The van der Waals surface area contributed by atoms with E-state index in [1.807, 2.05) is 19.2 Å². The molecular formula is C14H18ClN3O2. The van der Waals surface area contributed by atoms with Crippen LogP contribution in [0.25, 0.3) is 11.2 Å². The Morgan fingerprint density at radius 3 is 3.10 bits per heavy atom.